The van der Waals surface area contributed by atoms with Crippen LogP contribution in [0.5, 0.6) is 0 Å². The molecule has 1 fully saturated rings. The van der Waals surface area contributed by atoms with E-state index in [0.29, 0.717) is 12.8 Å². The van der Waals surface area contributed by atoms with Gasteiger partial charge in [-0.15, -0.1) is 0 Å². The van der Waals surface area contributed by atoms with Gasteiger partial charge >= 0.3 is 0 Å². The van der Waals surface area contributed by atoms with Crippen LogP contribution in [0.3, 0.4) is 0 Å². The van der Waals surface area contributed by atoms with Gasteiger partial charge in [-0.3, -0.25) is 4.79 Å². The first-order chi connectivity index (χ1) is 16.0. The molecule has 2 aromatic rings. The predicted octanol–water partition coefficient (Wildman–Crippen LogP) is 3.42. The quantitative estimate of drug-likeness (QED) is 0.576. The van der Waals surface area contributed by atoms with Crippen LogP contribution in [0.25, 0.3) is 0 Å². The van der Waals surface area contributed by atoms with E-state index in [1.807, 2.05) is 36.4 Å². The average molecular weight is 496 g/mol. The number of rotatable bonds is 6. The largest absolute Gasteiger partial charge is 0.406 e. The van der Waals surface area contributed by atoms with Crippen LogP contribution >= 0.6 is 0 Å². The van der Waals surface area contributed by atoms with Crippen molar-refractivity contribution in [2.24, 2.45) is 0 Å². The van der Waals surface area contributed by atoms with Gasteiger partial charge in [-0.2, -0.15) is 4.31 Å². The van der Waals surface area contributed by atoms with E-state index in [-0.39, 0.29) is 23.5 Å². The Kier molecular flexibility index (Phi) is 6.59. The smallest absolute Gasteiger partial charge is 0.261 e. The Morgan fingerprint density at radius 3 is 1.91 bits per heavy atom. The van der Waals surface area contributed by atoms with Crippen molar-refractivity contribution in [2.45, 2.75) is 50.2 Å². The minimum Gasteiger partial charge on any atom is -0.406 e. The first-order valence-electron chi connectivity index (χ1n) is 11.7. The van der Waals surface area contributed by atoms with Gasteiger partial charge in [0.05, 0.1) is 18.4 Å². The van der Waals surface area contributed by atoms with Crippen LogP contribution in [0, 0.1) is 0 Å². The lowest BCUT2D eigenvalue weighted by atomic mass is 9.92. The lowest BCUT2D eigenvalue weighted by Crippen LogP contribution is -2.67. The molecule has 2 aromatic carbocycles. The Bertz CT molecular complexity index is 1140. The molecule has 0 radical (unpaired) electrons. The molecule has 4 rings (SSSR count). The standard InChI is InChI=1S/C27H33NO4SSi/c1-26(2,3)34(24-11-7-5-8-12-24,25-13-9-6-10-14-25)32-21-22-15-18-27(28(22)33(4,30)31)19-16-23(29)17-20-27/h5-14,16-17,19-20,22H,15,18,21H2,1-4H3/t22-/m1/s1. The first-order valence-corrected chi connectivity index (χ1v) is 15.4. The fourth-order valence-corrected chi connectivity index (χ4v) is 11.7. The molecular weight excluding hydrogens is 462 g/mol. The normalized spacial score (nSPS) is 20.8. The van der Waals surface area contributed by atoms with Gasteiger partial charge in [0.2, 0.25) is 10.0 Å². The lowest BCUT2D eigenvalue weighted by Gasteiger charge is -2.44. The Balaban J connectivity index is 1.76. The fourth-order valence-electron chi connectivity index (χ4n) is 5.56. The second-order valence-electron chi connectivity index (χ2n) is 10.3. The number of benzene rings is 2. The van der Waals surface area contributed by atoms with Crippen molar-refractivity contribution in [3.63, 3.8) is 0 Å². The summed E-state index contributed by atoms with van der Waals surface area (Å²) >= 11 is 0. The summed E-state index contributed by atoms with van der Waals surface area (Å²) in [6.45, 7) is 6.92. The SMILES string of the molecule is CC(C)(C)[Si](OC[C@H]1CCC2(C=CC(=O)C=C2)N1S(C)(=O)=O)(c1ccccc1)c1ccccc1. The molecule has 0 unspecified atom stereocenters. The van der Waals surface area contributed by atoms with E-state index in [0.717, 1.165) is 10.4 Å². The van der Waals surface area contributed by atoms with Crippen LogP contribution in [0.1, 0.15) is 33.6 Å². The van der Waals surface area contributed by atoms with Crippen LogP contribution in [0.2, 0.25) is 5.04 Å². The third-order valence-electron chi connectivity index (χ3n) is 6.96. The van der Waals surface area contributed by atoms with Crippen LogP contribution in [-0.2, 0) is 19.2 Å². The summed E-state index contributed by atoms with van der Waals surface area (Å²) in [5.41, 5.74) is -0.805. The zero-order valence-electron chi connectivity index (χ0n) is 20.3. The summed E-state index contributed by atoms with van der Waals surface area (Å²) in [6.07, 6.45) is 8.95. The molecule has 0 aromatic heterocycles. The Hall–Kier alpha value is -2.32. The molecule has 0 bridgehead atoms. The average Bonchev–Trinajstić information content (AvgIpc) is 3.15. The zero-order chi connectivity index (χ0) is 24.6. The van der Waals surface area contributed by atoms with Crippen molar-refractivity contribution in [3.8, 4) is 0 Å². The summed E-state index contributed by atoms with van der Waals surface area (Å²) in [5, 5.41) is 2.13. The minimum atomic E-state index is -3.55. The molecule has 1 heterocycles. The van der Waals surface area contributed by atoms with E-state index in [4.69, 9.17) is 4.43 Å². The maximum Gasteiger partial charge on any atom is 0.261 e. The van der Waals surface area contributed by atoms with E-state index in [9.17, 15) is 13.2 Å². The fraction of sp³-hybridized carbons (Fsp3) is 0.370. The summed E-state index contributed by atoms with van der Waals surface area (Å²) in [5.74, 6) is -0.119. The third kappa shape index (κ3) is 4.38. The van der Waals surface area contributed by atoms with Gasteiger partial charge in [-0.25, -0.2) is 8.42 Å². The molecule has 0 saturated carbocycles. The monoisotopic (exact) mass is 495 g/mol. The molecular formula is C27H33NO4SSi. The maximum atomic E-state index is 13.0. The molecule has 0 amide bonds. The third-order valence-corrected chi connectivity index (χ3v) is 13.3. The molecule has 1 saturated heterocycles. The van der Waals surface area contributed by atoms with Gasteiger partial charge in [0.25, 0.3) is 8.32 Å². The number of hydrogen-bond acceptors (Lipinski definition) is 4. The van der Waals surface area contributed by atoms with E-state index >= 15 is 0 Å². The van der Waals surface area contributed by atoms with Gasteiger partial charge in [0, 0.05) is 6.04 Å². The van der Waals surface area contributed by atoms with Crippen molar-refractivity contribution >= 4 is 34.5 Å². The van der Waals surface area contributed by atoms with Crippen molar-refractivity contribution in [1.29, 1.82) is 0 Å². The van der Waals surface area contributed by atoms with Crippen molar-refractivity contribution in [3.05, 3.63) is 85.0 Å². The number of hydrogen-bond donors (Lipinski definition) is 0. The number of carbonyl (C=O) groups excluding carboxylic acids is 1. The molecule has 1 atom stereocenters. The lowest BCUT2D eigenvalue weighted by molar-refractivity contribution is -0.110. The van der Waals surface area contributed by atoms with E-state index in [1.165, 1.54) is 18.4 Å². The summed E-state index contributed by atoms with van der Waals surface area (Å²) < 4.78 is 34.6. The van der Waals surface area contributed by atoms with Crippen LogP contribution in [-0.4, -0.2) is 51.3 Å². The van der Waals surface area contributed by atoms with Crippen molar-refractivity contribution in [1.82, 2.24) is 4.31 Å². The van der Waals surface area contributed by atoms with Crippen LogP contribution in [0.4, 0.5) is 0 Å². The van der Waals surface area contributed by atoms with Gasteiger partial charge < -0.3 is 4.43 Å². The molecule has 1 aliphatic heterocycles. The van der Waals surface area contributed by atoms with Crippen LogP contribution in [0.15, 0.2) is 85.0 Å². The molecule has 2 aliphatic rings. The number of nitrogens with zero attached hydrogens (tertiary/aromatic N) is 1. The molecule has 34 heavy (non-hydrogen) atoms. The van der Waals surface area contributed by atoms with Gasteiger partial charge in [-0.05, 0) is 40.4 Å². The Labute approximate surface area is 204 Å². The Morgan fingerprint density at radius 1 is 0.971 bits per heavy atom. The summed E-state index contributed by atoms with van der Waals surface area (Å²) in [6, 6.07) is 20.4. The van der Waals surface area contributed by atoms with Crippen LogP contribution < -0.4 is 10.4 Å². The second-order valence-corrected chi connectivity index (χ2v) is 16.5. The minimum absolute atomic E-state index is 0.119. The second kappa shape index (κ2) is 9.04. The number of allylic oxidation sites excluding steroid dienone is 2. The molecule has 7 heteroatoms. The molecule has 1 spiro atoms. The first kappa shape index (κ1) is 24.8. The number of sulfonamides is 1. The van der Waals surface area contributed by atoms with E-state index in [2.05, 4.69) is 45.0 Å². The molecule has 5 nitrogen and oxygen atoms in total. The summed E-state index contributed by atoms with van der Waals surface area (Å²) in [7, 11) is -6.34. The number of ketones is 1. The van der Waals surface area contributed by atoms with Crippen molar-refractivity contribution in [2.75, 3.05) is 12.9 Å². The van der Waals surface area contributed by atoms with Gasteiger partial charge in [0.15, 0.2) is 5.78 Å². The number of carbonyl (C=O) groups is 1. The van der Waals surface area contributed by atoms with Crippen molar-refractivity contribution < 1.29 is 17.6 Å². The predicted molar refractivity (Wildman–Crippen MR) is 139 cm³/mol. The van der Waals surface area contributed by atoms with Gasteiger partial charge in [0.1, 0.15) is 0 Å². The van der Waals surface area contributed by atoms with Gasteiger partial charge in [-0.1, -0.05) is 93.6 Å². The molecule has 180 valence electrons. The van der Waals surface area contributed by atoms with E-state index < -0.39 is 23.9 Å². The summed E-state index contributed by atoms with van der Waals surface area (Å²) in [4.78, 5) is 11.8. The maximum absolute atomic E-state index is 13.0. The highest BCUT2D eigenvalue weighted by Gasteiger charge is 2.53. The highest BCUT2D eigenvalue weighted by atomic mass is 32.2. The highest BCUT2D eigenvalue weighted by molar-refractivity contribution is 7.88. The Morgan fingerprint density at radius 2 is 1.47 bits per heavy atom. The zero-order valence-corrected chi connectivity index (χ0v) is 22.1. The molecule has 0 N–H and O–H groups in total. The molecule has 1 aliphatic carbocycles. The topological polar surface area (TPSA) is 63.7 Å². The highest BCUT2D eigenvalue weighted by Crippen LogP contribution is 2.42. The van der Waals surface area contributed by atoms with E-state index in [1.54, 1.807) is 16.5 Å².